The maximum Gasteiger partial charge on any atom is 0.223 e. The van der Waals surface area contributed by atoms with Crippen LogP contribution in [0.3, 0.4) is 0 Å². The summed E-state index contributed by atoms with van der Waals surface area (Å²) in [6, 6.07) is 14.8. The largest absolute Gasteiger partial charge is 0.352 e. The highest BCUT2D eigenvalue weighted by molar-refractivity contribution is 7.99. The molecule has 8 heteroatoms. The molecule has 2 atom stereocenters. The van der Waals surface area contributed by atoms with Gasteiger partial charge in [0.05, 0.1) is 0 Å². The first-order valence-electron chi connectivity index (χ1n) is 8.91. The van der Waals surface area contributed by atoms with Gasteiger partial charge in [-0.1, -0.05) is 53.5 Å². The molecule has 2 unspecified atom stereocenters. The minimum absolute atomic E-state index is 0.0637. The Kier molecular flexibility index (Phi) is 7.62. The van der Waals surface area contributed by atoms with E-state index in [1.165, 1.54) is 0 Å². The van der Waals surface area contributed by atoms with E-state index >= 15 is 0 Å². The summed E-state index contributed by atoms with van der Waals surface area (Å²) in [7, 11) is 0. The van der Waals surface area contributed by atoms with Crippen LogP contribution in [0.25, 0.3) is 0 Å². The van der Waals surface area contributed by atoms with Crippen molar-refractivity contribution >= 4 is 46.8 Å². The fourth-order valence-electron chi connectivity index (χ4n) is 2.90. The molecule has 0 bridgehead atoms. The molecule has 0 radical (unpaired) electrons. The molecule has 5 nitrogen and oxygen atoms in total. The highest BCUT2D eigenvalue weighted by Gasteiger charge is 2.27. The summed E-state index contributed by atoms with van der Waals surface area (Å²) in [5.41, 5.74) is 1.69. The van der Waals surface area contributed by atoms with E-state index in [1.54, 1.807) is 17.8 Å². The van der Waals surface area contributed by atoms with Gasteiger partial charge in [0.15, 0.2) is 0 Å². The highest BCUT2D eigenvalue weighted by Crippen LogP contribution is 2.21. The number of hydrogen-bond acceptors (Lipinski definition) is 4. The lowest BCUT2D eigenvalue weighted by Gasteiger charge is -2.31. The molecule has 0 saturated carbocycles. The van der Waals surface area contributed by atoms with Crippen LogP contribution in [0.2, 0.25) is 10.0 Å². The second kappa shape index (κ2) is 10.2. The molecule has 1 aliphatic rings. The van der Waals surface area contributed by atoms with E-state index in [0.717, 1.165) is 11.1 Å². The van der Waals surface area contributed by atoms with Crippen molar-refractivity contribution in [3.05, 3.63) is 69.7 Å². The van der Waals surface area contributed by atoms with Gasteiger partial charge in [-0.15, -0.1) is 11.8 Å². The van der Waals surface area contributed by atoms with Gasteiger partial charge in [-0.25, -0.2) is 0 Å². The molecule has 1 fully saturated rings. The number of benzene rings is 2. The smallest absolute Gasteiger partial charge is 0.223 e. The third-order valence-electron chi connectivity index (χ3n) is 4.28. The van der Waals surface area contributed by atoms with Crippen LogP contribution >= 0.6 is 35.0 Å². The Morgan fingerprint density at radius 2 is 2.00 bits per heavy atom. The predicted octanol–water partition coefficient (Wildman–Crippen LogP) is 3.69. The lowest BCUT2D eigenvalue weighted by atomic mass is 10.1. The van der Waals surface area contributed by atoms with Crippen LogP contribution in [0, 0.1) is 0 Å². The van der Waals surface area contributed by atoms with Crippen LogP contribution in [-0.4, -0.2) is 23.4 Å². The topological polar surface area (TPSA) is 70.2 Å². The summed E-state index contributed by atoms with van der Waals surface area (Å²) in [4.78, 5) is 24.3. The zero-order valence-electron chi connectivity index (χ0n) is 15.1. The molecule has 0 spiro atoms. The summed E-state index contributed by atoms with van der Waals surface area (Å²) in [5, 5.41) is 10.4. The maximum atomic E-state index is 12.3. The Labute approximate surface area is 178 Å². The summed E-state index contributed by atoms with van der Waals surface area (Å²) in [6.45, 7) is 0.365. The summed E-state index contributed by atoms with van der Waals surface area (Å²) in [6.07, 6.45) is 0.500. The number of rotatable bonds is 7. The first kappa shape index (κ1) is 21.0. The van der Waals surface area contributed by atoms with Gasteiger partial charge in [0, 0.05) is 41.2 Å². The molecule has 1 aliphatic heterocycles. The van der Waals surface area contributed by atoms with Gasteiger partial charge in [0.2, 0.25) is 11.8 Å². The zero-order chi connectivity index (χ0) is 19.9. The van der Waals surface area contributed by atoms with Gasteiger partial charge in [-0.3, -0.25) is 14.9 Å². The number of amides is 2. The molecule has 2 aromatic carbocycles. The molecule has 3 rings (SSSR count). The number of halogens is 2. The number of carbonyl (C=O) groups is 2. The fraction of sp³-hybridized carbons (Fsp3) is 0.300. The minimum Gasteiger partial charge on any atom is -0.352 e. The second-order valence-corrected chi connectivity index (χ2v) is 8.47. The highest BCUT2D eigenvalue weighted by atomic mass is 35.5. The van der Waals surface area contributed by atoms with Gasteiger partial charge in [0.25, 0.3) is 0 Å². The van der Waals surface area contributed by atoms with Crippen LogP contribution < -0.4 is 16.0 Å². The molecular formula is C20H21Cl2N3O2S. The van der Waals surface area contributed by atoms with Crippen LogP contribution in [0.5, 0.6) is 0 Å². The minimum atomic E-state index is -0.249. The lowest BCUT2D eigenvalue weighted by molar-refractivity contribution is -0.125. The fourth-order valence-corrected chi connectivity index (χ4v) is 4.36. The van der Waals surface area contributed by atoms with E-state index in [2.05, 4.69) is 16.0 Å². The molecule has 28 heavy (non-hydrogen) atoms. The monoisotopic (exact) mass is 437 g/mol. The number of nitrogens with one attached hydrogen (secondary N) is 3. The molecule has 0 aromatic heterocycles. The quantitative estimate of drug-likeness (QED) is 0.617. The van der Waals surface area contributed by atoms with Crippen LogP contribution in [0.15, 0.2) is 48.5 Å². The maximum absolute atomic E-state index is 12.3. The Hall–Kier alpha value is -1.73. The Morgan fingerprint density at radius 1 is 1.18 bits per heavy atom. The molecule has 0 aliphatic carbocycles. The van der Waals surface area contributed by atoms with E-state index in [-0.39, 0.29) is 36.2 Å². The molecule has 1 saturated heterocycles. The molecule has 1 heterocycles. The summed E-state index contributed by atoms with van der Waals surface area (Å²) < 4.78 is 0. The predicted molar refractivity (Wildman–Crippen MR) is 114 cm³/mol. The molecule has 3 N–H and O–H groups in total. The van der Waals surface area contributed by atoms with Gasteiger partial charge in [0.1, 0.15) is 5.50 Å². The first-order valence-corrected chi connectivity index (χ1v) is 10.7. The van der Waals surface area contributed by atoms with E-state index in [1.807, 2.05) is 42.5 Å². The molecule has 148 valence electrons. The first-order chi connectivity index (χ1) is 13.5. The third-order valence-corrected chi connectivity index (χ3v) is 5.97. The molecular weight excluding hydrogens is 417 g/mol. The van der Waals surface area contributed by atoms with Gasteiger partial charge in [-0.2, -0.15) is 0 Å². The Balaban J connectivity index is 1.47. The van der Waals surface area contributed by atoms with E-state index in [0.29, 0.717) is 22.3 Å². The van der Waals surface area contributed by atoms with Crippen molar-refractivity contribution in [3.8, 4) is 0 Å². The van der Waals surface area contributed by atoms with Gasteiger partial charge >= 0.3 is 0 Å². The van der Waals surface area contributed by atoms with Crippen LogP contribution in [0.1, 0.15) is 24.0 Å². The standard InChI is InChI=1S/C20H21Cl2N3O2S/c21-15-6-3-4-13(8-15)12-28-20-24-16(10-19(27)25-20)9-18(26)23-11-14-5-1-2-7-17(14)22/h1-8,16,20,24H,9-12H2,(H,23,26)(H,25,27). The lowest BCUT2D eigenvalue weighted by Crippen LogP contribution is -2.55. The number of hydrogen-bond donors (Lipinski definition) is 3. The summed E-state index contributed by atoms with van der Waals surface area (Å²) in [5.74, 6) is 0.515. The number of thioether (sulfide) groups is 1. The molecule has 2 aromatic rings. The van der Waals surface area contributed by atoms with Gasteiger partial charge < -0.3 is 10.6 Å². The average Bonchev–Trinajstić information content (AvgIpc) is 2.65. The zero-order valence-corrected chi connectivity index (χ0v) is 17.4. The van der Waals surface area contributed by atoms with Crippen molar-refractivity contribution in [1.29, 1.82) is 0 Å². The average molecular weight is 438 g/mol. The van der Waals surface area contributed by atoms with Crippen LogP contribution in [-0.2, 0) is 21.9 Å². The van der Waals surface area contributed by atoms with Crippen molar-refractivity contribution in [2.45, 2.75) is 36.7 Å². The van der Waals surface area contributed by atoms with Crippen molar-refractivity contribution in [1.82, 2.24) is 16.0 Å². The Morgan fingerprint density at radius 3 is 2.79 bits per heavy atom. The normalized spacial score (nSPS) is 19.1. The van der Waals surface area contributed by atoms with Gasteiger partial charge in [-0.05, 0) is 29.3 Å². The van der Waals surface area contributed by atoms with E-state index < -0.39 is 0 Å². The number of carbonyl (C=O) groups excluding carboxylic acids is 2. The van der Waals surface area contributed by atoms with Crippen LogP contribution in [0.4, 0.5) is 0 Å². The summed E-state index contributed by atoms with van der Waals surface area (Å²) >= 11 is 13.7. The second-order valence-electron chi connectivity index (χ2n) is 6.53. The van der Waals surface area contributed by atoms with Crippen molar-refractivity contribution in [2.75, 3.05) is 0 Å². The molecule has 2 amide bonds. The third kappa shape index (κ3) is 6.41. The van der Waals surface area contributed by atoms with E-state index in [4.69, 9.17) is 23.2 Å². The Bertz CT molecular complexity index is 850. The van der Waals surface area contributed by atoms with Crippen molar-refractivity contribution in [2.24, 2.45) is 0 Å². The SMILES string of the molecule is O=C(CC1CC(=O)NC(SCc2cccc(Cl)c2)N1)NCc1ccccc1Cl. The van der Waals surface area contributed by atoms with Crippen molar-refractivity contribution in [3.63, 3.8) is 0 Å². The van der Waals surface area contributed by atoms with E-state index in [9.17, 15) is 9.59 Å². The van der Waals surface area contributed by atoms with Crippen molar-refractivity contribution < 1.29 is 9.59 Å².